The third-order valence-electron chi connectivity index (χ3n) is 6.23. The molecule has 1 saturated carbocycles. The van der Waals surface area contributed by atoms with E-state index < -0.39 is 0 Å². The summed E-state index contributed by atoms with van der Waals surface area (Å²) >= 11 is 0. The topological polar surface area (TPSA) is 92.8 Å². The number of aromatic nitrogens is 4. The molecule has 3 aromatic heterocycles. The lowest BCUT2D eigenvalue weighted by Crippen LogP contribution is -2.42. The summed E-state index contributed by atoms with van der Waals surface area (Å²) in [4.78, 5) is 47.1. The van der Waals surface area contributed by atoms with Crippen molar-refractivity contribution in [3.63, 3.8) is 0 Å². The SMILES string of the molecule is CCCN(C)C(=O)c1c2c(cn(C3CC3)c1=O)CN(C(=O)c1cc3ncccn3n1)CC2. The number of fused-ring (bicyclic) bond motifs is 2. The molecule has 1 aliphatic heterocycles. The second kappa shape index (κ2) is 7.89. The van der Waals surface area contributed by atoms with Crippen molar-refractivity contribution in [3.05, 3.63) is 63.5 Å². The van der Waals surface area contributed by atoms with E-state index in [2.05, 4.69) is 10.1 Å². The van der Waals surface area contributed by atoms with Gasteiger partial charge in [0.15, 0.2) is 11.3 Å². The van der Waals surface area contributed by atoms with E-state index in [1.54, 1.807) is 50.5 Å². The molecule has 0 aromatic carbocycles. The van der Waals surface area contributed by atoms with Gasteiger partial charge in [0.25, 0.3) is 17.4 Å². The summed E-state index contributed by atoms with van der Waals surface area (Å²) in [7, 11) is 1.74. The third kappa shape index (κ3) is 3.47. The molecule has 4 heterocycles. The molecule has 0 N–H and O–H groups in total. The van der Waals surface area contributed by atoms with Gasteiger partial charge >= 0.3 is 0 Å². The fraction of sp³-hybridized carbons (Fsp3) is 0.435. The van der Waals surface area contributed by atoms with Gasteiger partial charge in [0, 0.05) is 57.4 Å². The molecule has 2 amide bonds. The van der Waals surface area contributed by atoms with E-state index in [1.807, 2.05) is 13.1 Å². The number of carbonyl (C=O) groups excluding carboxylic acids is 2. The van der Waals surface area contributed by atoms with Crippen LogP contribution in [0.2, 0.25) is 0 Å². The van der Waals surface area contributed by atoms with Gasteiger partial charge in [0.05, 0.1) is 0 Å². The van der Waals surface area contributed by atoms with Crippen LogP contribution in [0.3, 0.4) is 0 Å². The van der Waals surface area contributed by atoms with E-state index in [9.17, 15) is 14.4 Å². The van der Waals surface area contributed by atoms with Crippen molar-refractivity contribution in [2.75, 3.05) is 20.1 Å². The molecule has 9 heteroatoms. The Bertz CT molecular complexity index is 1240. The highest BCUT2D eigenvalue weighted by Crippen LogP contribution is 2.35. The van der Waals surface area contributed by atoms with Crippen LogP contribution in [-0.4, -0.2) is 60.9 Å². The summed E-state index contributed by atoms with van der Waals surface area (Å²) in [6.45, 7) is 3.38. The van der Waals surface area contributed by atoms with Crippen molar-refractivity contribution >= 4 is 17.5 Å². The van der Waals surface area contributed by atoms with Crippen molar-refractivity contribution in [2.45, 2.75) is 45.2 Å². The number of hydrogen-bond acceptors (Lipinski definition) is 5. The Balaban J connectivity index is 1.50. The fourth-order valence-corrected chi connectivity index (χ4v) is 4.42. The largest absolute Gasteiger partial charge is 0.342 e. The molecule has 166 valence electrons. The van der Waals surface area contributed by atoms with Crippen LogP contribution in [-0.2, 0) is 13.0 Å². The number of carbonyl (C=O) groups is 2. The van der Waals surface area contributed by atoms with Gasteiger partial charge in [0.2, 0.25) is 0 Å². The van der Waals surface area contributed by atoms with Gasteiger partial charge in [-0.15, -0.1) is 0 Å². The van der Waals surface area contributed by atoms with Crippen LogP contribution in [0, 0.1) is 0 Å². The maximum absolute atomic E-state index is 13.2. The van der Waals surface area contributed by atoms with Crippen LogP contribution in [0.15, 0.2) is 35.5 Å². The number of rotatable bonds is 5. The third-order valence-corrected chi connectivity index (χ3v) is 6.23. The first-order valence-corrected chi connectivity index (χ1v) is 11.1. The molecule has 1 fully saturated rings. The summed E-state index contributed by atoms with van der Waals surface area (Å²) in [6, 6.07) is 3.58. The van der Waals surface area contributed by atoms with E-state index in [4.69, 9.17) is 0 Å². The molecule has 5 rings (SSSR count). The molecular formula is C23H26N6O3. The summed E-state index contributed by atoms with van der Waals surface area (Å²) in [6.07, 6.45) is 8.44. The Labute approximate surface area is 185 Å². The predicted octanol–water partition coefficient (Wildman–Crippen LogP) is 1.91. The number of amides is 2. The van der Waals surface area contributed by atoms with E-state index in [-0.39, 0.29) is 29.0 Å². The summed E-state index contributed by atoms with van der Waals surface area (Å²) in [5.74, 6) is -0.407. The highest BCUT2D eigenvalue weighted by atomic mass is 16.2. The van der Waals surface area contributed by atoms with Crippen molar-refractivity contribution in [2.24, 2.45) is 0 Å². The molecule has 32 heavy (non-hydrogen) atoms. The first-order chi connectivity index (χ1) is 15.5. The normalized spacial score (nSPS) is 15.6. The molecule has 0 unspecified atom stereocenters. The zero-order valence-electron chi connectivity index (χ0n) is 18.3. The summed E-state index contributed by atoms with van der Waals surface area (Å²) < 4.78 is 3.28. The van der Waals surface area contributed by atoms with Gasteiger partial charge in [-0.1, -0.05) is 6.92 Å². The first-order valence-electron chi connectivity index (χ1n) is 11.1. The minimum atomic E-state index is -0.227. The van der Waals surface area contributed by atoms with Gasteiger partial charge in [-0.25, -0.2) is 9.50 Å². The lowest BCUT2D eigenvalue weighted by molar-refractivity contribution is 0.0726. The van der Waals surface area contributed by atoms with E-state index in [0.29, 0.717) is 37.4 Å². The van der Waals surface area contributed by atoms with E-state index >= 15 is 0 Å². The Hall–Kier alpha value is -3.49. The van der Waals surface area contributed by atoms with Crippen molar-refractivity contribution in [1.29, 1.82) is 0 Å². The minimum Gasteiger partial charge on any atom is -0.342 e. The number of nitrogens with zero attached hydrogens (tertiary/aromatic N) is 6. The average molecular weight is 435 g/mol. The average Bonchev–Trinajstić information content (AvgIpc) is 3.55. The van der Waals surface area contributed by atoms with Crippen LogP contribution in [0.25, 0.3) is 5.65 Å². The molecule has 0 bridgehead atoms. The molecule has 1 aliphatic carbocycles. The maximum Gasteiger partial charge on any atom is 0.274 e. The molecule has 0 saturated heterocycles. The van der Waals surface area contributed by atoms with Gasteiger partial charge < -0.3 is 14.4 Å². The molecule has 0 atom stereocenters. The molecule has 2 aliphatic rings. The predicted molar refractivity (Wildman–Crippen MR) is 118 cm³/mol. The second-order valence-electron chi connectivity index (χ2n) is 8.61. The van der Waals surface area contributed by atoms with Crippen molar-refractivity contribution in [3.8, 4) is 0 Å². The zero-order valence-corrected chi connectivity index (χ0v) is 18.3. The summed E-state index contributed by atoms with van der Waals surface area (Å²) in [5.41, 5.74) is 2.66. The molecule has 9 nitrogen and oxygen atoms in total. The van der Waals surface area contributed by atoms with Crippen molar-refractivity contribution in [1.82, 2.24) is 29.0 Å². The van der Waals surface area contributed by atoms with E-state index in [0.717, 1.165) is 30.4 Å². The Kier molecular flexibility index (Phi) is 5.03. The van der Waals surface area contributed by atoms with Crippen LogP contribution in [0.5, 0.6) is 0 Å². The smallest absolute Gasteiger partial charge is 0.274 e. The van der Waals surface area contributed by atoms with Gasteiger partial charge in [0.1, 0.15) is 5.56 Å². The Morgan fingerprint density at radius 2 is 2.09 bits per heavy atom. The summed E-state index contributed by atoms with van der Waals surface area (Å²) in [5, 5.41) is 4.35. The van der Waals surface area contributed by atoms with Gasteiger partial charge in [-0.2, -0.15) is 5.10 Å². The van der Waals surface area contributed by atoms with Crippen LogP contribution < -0.4 is 5.56 Å². The highest BCUT2D eigenvalue weighted by Gasteiger charge is 2.33. The maximum atomic E-state index is 13.2. The monoisotopic (exact) mass is 434 g/mol. The van der Waals surface area contributed by atoms with Gasteiger partial charge in [-0.3, -0.25) is 14.4 Å². The van der Waals surface area contributed by atoms with Crippen molar-refractivity contribution < 1.29 is 9.59 Å². The lowest BCUT2D eigenvalue weighted by Gasteiger charge is -2.30. The van der Waals surface area contributed by atoms with Crippen LogP contribution >= 0.6 is 0 Å². The lowest BCUT2D eigenvalue weighted by atomic mass is 9.95. The van der Waals surface area contributed by atoms with Crippen LogP contribution in [0.4, 0.5) is 0 Å². The minimum absolute atomic E-state index is 0.145. The molecular weight excluding hydrogens is 408 g/mol. The Morgan fingerprint density at radius 1 is 1.28 bits per heavy atom. The quantitative estimate of drug-likeness (QED) is 0.612. The molecule has 0 spiro atoms. The second-order valence-corrected chi connectivity index (χ2v) is 8.61. The number of hydrogen-bond donors (Lipinski definition) is 0. The number of pyridine rings is 1. The highest BCUT2D eigenvalue weighted by molar-refractivity contribution is 5.96. The van der Waals surface area contributed by atoms with E-state index in [1.165, 1.54) is 0 Å². The molecule has 0 radical (unpaired) electrons. The van der Waals surface area contributed by atoms with Crippen LogP contribution in [0.1, 0.15) is 64.2 Å². The first kappa shape index (κ1) is 20.4. The fourth-order valence-electron chi connectivity index (χ4n) is 4.42. The standard InChI is InChI=1S/C23H26N6O3/c1-3-9-26(2)22(31)20-17-7-11-27(13-15(17)14-28(23(20)32)16-5-6-16)21(30)18-12-19-24-8-4-10-29(19)25-18/h4,8,10,12,14,16H,3,5-7,9,11,13H2,1-2H3. The van der Waals surface area contributed by atoms with Gasteiger partial charge in [-0.05, 0) is 42.9 Å². The zero-order chi connectivity index (χ0) is 22.4. The molecule has 3 aromatic rings. The Morgan fingerprint density at radius 3 is 2.81 bits per heavy atom.